The normalized spacial score (nSPS) is 11.1. The fraction of sp³-hybridized carbons (Fsp3) is 0.174. The Hall–Kier alpha value is -3.83. The van der Waals surface area contributed by atoms with Crippen LogP contribution in [-0.4, -0.2) is 33.2 Å². The average molecular weight is 452 g/mol. The topological polar surface area (TPSA) is 111 Å². The molecule has 0 unspecified atom stereocenters. The van der Waals surface area contributed by atoms with Gasteiger partial charge in [-0.15, -0.1) is 0 Å². The number of aromatic nitrogens is 2. The van der Waals surface area contributed by atoms with Crippen LogP contribution in [0.5, 0.6) is 5.75 Å². The van der Waals surface area contributed by atoms with Crippen LogP contribution in [0, 0.1) is 17.1 Å². The van der Waals surface area contributed by atoms with Crippen molar-refractivity contribution in [3.8, 4) is 23.1 Å². The number of carbonyl (C=O) groups excluding carboxylic acids is 1. The Labute approximate surface area is 189 Å². The van der Waals surface area contributed by atoms with Crippen molar-refractivity contribution in [2.45, 2.75) is 19.8 Å². The maximum atomic E-state index is 13.4. The molecule has 2 aromatic heterocycles. The fourth-order valence-electron chi connectivity index (χ4n) is 2.86. The highest BCUT2D eigenvalue weighted by Gasteiger charge is 2.17. The zero-order valence-electron chi connectivity index (χ0n) is 17.1. The summed E-state index contributed by atoms with van der Waals surface area (Å²) in [7, 11) is 0. The molecule has 1 aromatic carbocycles. The summed E-state index contributed by atoms with van der Waals surface area (Å²) in [5, 5.41) is 23.1. The van der Waals surface area contributed by atoms with Gasteiger partial charge in [-0.2, -0.15) is 5.26 Å². The molecular weight excluding hydrogens is 433 g/mol. The van der Waals surface area contributed by atoms with Crippen LogP contribution in [0.3, 0.4) is 0 Å². The van der Waals surface area contributed by atoms with Gasteiger partial charge < -0.3 is 10.4 Å². The van der Waals surface area contributed by atoms with E-state index in [1.165, 1.54) is 36.7 Å². The zero-order chi connectivity index (χ0) is 23.1. The molecule has 0 radical (unpaired) electrons. The molecule has 3 rings (SSSR count). The van der Waals surface area contributed by atoms with Crippen LogP contribution >= 0.6 is 11.6 Å². The molecule has 0 bridgehead atoms. The summed E-state index contributed by atoms with van der Waals surface area (Å²) in [5.74, 6) is -1.22. The minimum absolute atomic E-state index is 0.111. The summed E-state index contributed by atoms with van der Waals surface area (Å²) in [6.45, 7) is 2.56. The summed E-state index contributed by atoms with van der Waals surface area (Å²) >= 11 is 5.78. The van der Waals surface area contributed by atoms with Gasteiger partial charge in [0.15, 0.2) is 11.5 Å². The lowest BCUT2D eigenvalue weighted by atomic mass is 10.0. The van der Waals surface area contributed by atoms with Crippen molar-refractivity contribution in [2.75, 3.05) is 6.54 Å². The Morgan fingerprint density at radius 2 is 2.03 bits per heavy atom. The standard InChI is InChI=1S/C23H19ClFN5O2/c1-2-3-8-29-23(32)19-11-14(6-9-27-19)21-22(31)16(7-10-28-21)20(13-26)30-15-4-5-18(25)17(24)12-15/h4-7,9-12,31H,2-3,8H2,1H3,(H,29,32). The minimum Gasteiger partial charge on any atom is -0.505 e. The van der Waals surface area contributed by atoms with E-state index in [9.17, 15) is 19.6 Å². The Kier molecular flexibility index (Phi) is 7.47. The van der Waals surface area contributed by atoms with Crippen LogP contribution in [0.4, 0.5) is 10.1 Å². The lowest BCUT2D eigenvalue weighted by Gasteiger charge is -2.09. The molecule has 0 aliphatic rings. The number of aliphatic imine (C=N–C) groups is 1. The number of amides is 1. The number of unbranched alkanes of at least 4 members (excludes halogenated alkanes) is 1. The van der Waals surface area contributed by atoms with E-state index in [0.717, 1.165) is 18.9 Å². The Balaban J connectivity index is 1.97. The first-order valence-corrected chi connectivity index (χ1v) is 10.2. The van der Waals surface area contributed by atoms with Crippen molar-refractivity contribution < 1.29 is 14.3 Å². The smallest absolute Gasteiger partial charge is 0.269 e. The zero-order valence-corrected chi connectivity index (χ0v) is 17.9. The van der Waals surface area contributed by atoms with Gasteiger partial charge in [-0.1, -0.05) is 24.9 Å². The van der Waals surface area contributed by atoms with Crippen LogP contribution in [0.1, 0.15) is 35.8 Å². The molecule has 0 atom stereocenters. The van der Waals surface area contributed by atoms with Crippen LogP contribution in [0.25, 0.3) is 11.3 Å². The molecular formula is C23H19ClFN5O2. The average Bonchev–Trinajstić information content (AvgIpc) is 2.80. The van der Waals surface area contributed by atoms with Gasteiger partial charge in [0.2, 0.25) is 0 Å². The van der Waals surface area contributed by atoms with Gasteiger partial charge in [-0.05, 0) is 42.8 Å². The number of rotatable bonds is 7. The van der Waals surface area contributed by atoms with Crippen molar-refractivity contribution in [3.05, 3.63) is 70.9 Å². The van der Waals surface area contributed by atoms with Crippen molar-refractivity contribution in [2.24, 2.45) is 4.99 Å². The van der Waals surface area contributed by atoms with E-state index in [0.29, 0.717) is 12.1 Å². The number of aromatic hydroxyl groups is 1. The van der Waals surface area contributed by atoms with Crippen molar-refractivity contribution in [1.82, 2.24) is 15.3 Å². The molecule has 9 heteroatoms. The van der Waals surface area contributed by atoms with E-state index in [2.05, 4.69) is 20.3 Å². The quantitative estimate of drug-likeness (QED) is 0.395. The van der Waals surface area contributed by atoms with E-state index >= 15 is 0 Å². The maximum absolute atomic E-state index is 13.4. The summed E-state index contributed by atoms with van der Waals surface area (Å²) < 4.78 is 13.4. The minimum atomic E-state index is -0.606. The van der Waals surface area contributed by atoms with Crippen LogP contribution in [0.2, 0.25) is 5.02 Å². The number of benzene rings is 1. The van der Waals surface area contributed by atoms with Gasteiger partial charge in [0.05, 0.1) is 16.3 Å². The summed E-state index contributed by atoms with van der Waals surface area (Å²) in [5.41, 5.74) is 1.06. The molecule has 32 heavy (non-hydrogen) atoms. The highest BCUT2D eigenvalue weighted by molar-refractivity contribution is 6.31. The summed E-state index contributed by atoms with van der Waals surface area (Å²) in [6.07, 6.45) is 4.66. The lowest BCUT2D eigenvalue weighted by molar-refractivity contribution is 0.0948. The van der Waals surface area contributed by atoms with E-state index in [-0.39, 0.29) is 45.0 Å². The Morgan fingerprint density at radius 1 is 1.25 bits per heavy atom. The molecule has 7 nitrogen and oxygen atoms in total. The molecule has 0 aliphatic carbocycles. The van der Waals surface area contributed by atoms with E-state index in [1.807, 2.05) is 13.0 Å². The second-order valence-electron chi connectivity index (χ2n) is 6.77. The van der Waals surface area contributed by atoms with Crippen molar-refractivity contribution in [3.63, 3.8) is 0 Å². The van der Waals surface area contributed by atoms with Crippen molar-refractivity contribution in [1.29, 1.82) is 5.26 Å². The van der Waals surface area contributed by atoms with E-state index < -0.39 is 5.82 Å². The number of nitrogens with one attached hydrogen (secondary N) is 1. The third-order valence-corrected chi connectivity index (χ3v) is 4.80. The number of carbonyl (C=O) groups is 1. The van der Waals surface area contributed by atoms with Gasteiger partial charge in [0, 0.05) is 24.5 Å². The molecule has 162 valence electrons. The highest BCUT2D eigenvalue weighted by atomic mass is 35.5. The van der Waals surface area contributed by atoms with Crippen LogP contribution in [0.15, 0.2) is 53.8 Å². The van der Waals surface area contributed by atoms with Crippen molar-refractivity contribution >= 4 is 28.9 Å². The molecule has 2 N–H and O–H groups in total. The number of hydrogen-bond acceptors (Lipinski definition) is 6. The molecule has 0 saturated carbocycles. The predicted octanol–water partition coefficient (Wildman–Crippen LogP) is 4.82. The third kappa shape index (κ3) is 5.25. The van der Waals surface area contributed by atoms with Crippen LogP contribution < -0.4 is 5.32 Å². The van der Waals surface area contributed by atoms with Gasteiger partial charge in [0.1, 0.15) is 23.3 Å². The molecule has 0 fully saturated rings. The largest absolute Gasteiger partial charge is 0.505 e. The molecule has 0 saturated heterocycles. The molecule has 1 amide bonds. The second kappa shape index (κ2) is 10.5. The van der Waals surface area contributed by atoms with Gasteiger partial charge in [0.25, 0.3) is 5.91 Å². The lowest BCUT2D eigenvalue weighted by Crippen LogP contribution is -2.25. The van der Waals surface area contributed by atoms with Gasteiger partial charge in [-0.3, -0.25) is 14.8 Å². The Morgan fingerprint density at radius 3 is 2.75 bits per heavy atom. The molecule has 2 heterocycles. The Bertz CT molecular complexity index is 1220. The second-order valence-corrected chi connectivity index (χ2v) is 7.17. The van der Waals surface area contributed by atoms with E-state index in [4.69, 9.17) is 11.6 Å². The SMILES string of the molecule is CCCCNC(=O)c1cc(-c2nccc(C(C#N)=Nc3ccc(F)c(Cl)c3)c2O)ccn1. The first-order valence-electron chi connectivity index (χ1n) is 9.81. The predicted molar refractivity (Wildman–Crippen MR) is 120 cm³/mol. The fourth-order valence-corrected chi connectivity index (χ4v) is 3.03. The highest BCUT2D eigenvalue weighted by Crippen LogP contribution is 2.31. The monoisotopic (exact) mass is 451 g/mol. The van der Waals surface area contributed by atoms with E-state index in [1.54, 1.807) is 6.07 Å². The number of pyridine rings is 2. The first kappa shape index (κ1) is 22.8. The van der Waals surface area contributed by atoms with Crippen LogP contribution in [-0.2, 0) is 0 Å². The number of halogens is 2. The summed E-state index contributed by atoms with van der Waals surface area (Å²) in [6, 6.07) is 10.2. The van der Waals surface area contributed by atoms with Gasteiger partial charge >= 0.3 is 0 Å². The first-order chi connectivity index (χ1) is 15.4. The van der Waals surface area contributed by atoms with Gasteiger partial charge in [-0.25, -0.2) is 9.38 Å². The third-order valence-electron chi connectivity index (χ3n) is 4.51. The number of nitrogens with zero attached hydrogens (tertiary/aromatic N) is 4. The summed E-state index contributed by atoms with van der Waals surface area (Å²) in [4.78, 5) is 24.7. The molecule has 0 aliphatic heterocycles. The number of nitriles is 1. The maximum Gasteiger partial charge on any atom is 0.269 e. The number of hydrogen-bond donors (Lipinski definition) is 2. The molecule has 0 spiro atoms. The molecule has 3 aromatic rings.